The lowest BCUT2D eigenvalue weighted by Crippen LogP contribution is -2.95. The van der Waals surface area contributed by atoms with Gasteiger partial charge >= 0.3 is 0 Å². The van der Waals surface area contributed by atoms with Crippen LogP contribution >= 0.6 is 0 Å². The van der Waals surface area contributed by atoms with Crippen molar-refractivity contribution in [3.63, 3.8) is 0 Å². The van der Waals surface area contributed by atoms with E-state index in [1.54, 1.807) is 0 Å². The Hall–Kier alpha value is -8.79. The highest BCUT2D eigenvalue weighted by Gasteiger charge is 2.91. The number of ether oxygens (including phenoxy) is 16. The molecular formula is C56H62O26. The normalized spacial score (nSPS) is 20.9. The number of methoxy groups -OCH3 is 15. The summed E-state index contributed by atoms with van der Waals surface area (Å²) in [6, 6.07) is 8.49. The van der Waals surface area contributed by atoms with E-state index in [1.165, 1.54) is 35.5 Å². The third kappa shape index (κ3) is 9.12. The van der Waals surface area contributed by atoms with E-state index in [-0.39, 0.29) is 74.7 Å². The second kappa shape index (κ2) is 24.1. The Balaban J connectivity index is 2.02. The van der Waals surface area contributed by atoms with Crippen LogP contribution < -0.4 is 71.1 Å². The highest BCUT2D eigenvalue weighted by molar-refractivity contribution is 6.25. The molecule has 0 amide bonds. The minimum absolute atomic E-state index is 0.165. The average Bonchev–Trinajstić information content (AvgIpc) is 0.669. The summed E-state index contributed by atoms with van der Waals surface area (Å²) in [7, 11) is 17.1. The van der Waals surface area contributed by atoms with Crippen LogP contribution in [0.4, 0.5) is 0 Å². The Labute approximate surface area is 469 Å². The molecule has 0 aliphatic carbocycles. The van der Waals surface area contributed by atoms with Crippen molar-refractivity contribution >= 4 is 28.9 Å². The fourth-order valence-corrected chi connectivity index (χ4v) is 9.95. The topological polar surface area (TPSA) is 334 Å². The van der Waals surface area contributed by atoms with E-state index in [0.717, 1.165) is 132 Å². The van der Waals surface area contributed by atoms with Gasteiger partial charge in [-0.1, -0.05) is 0 Å². The molecule has 0 radical (unpaired) electrons. The van der Waals surface area contributed by atoms with Gasteiger partial charge in [0.05, 0.1) is 113 Å². The molecule has 5 N–H and O–H groups in total. The number of ketones is 5. The van der Waals surface area contributed by atoms with Crippen molar-refractivity contribution in [2.24, 2.45) is 0 Å². The van der Waals surface area contributed by atoms with Crippen LogP contribution in [0.5, 0.6) is 86.2 Å². The van der Waals surface area contributed by atoms with Crippen LogP contribution in [-0.4, -0.2) is 196 Å². The van der Waals surface area contributed by atoms with Crippen molar-refractivity contribution in [2.75, 3.05) is 113 Å². The average molecular weight is 1150 g/mol. The summed E-state index contributed by atoms with van der Waals surface area (Å²) in [5.41, 5.74) is -23.8. The van der Waals surface area contributed by atoms with Crippen LogP contribution in [-0.2, 0) is 4.74 Å². The van der Waals surface area contributed by atoms with Crippen molar-refractivity contribution in [2.45, 2.75) is 28.2 Å². The number of benzene rings is 5. The lowest BCUT2D eigenvalue weighted by Gasteiger charge is -2.63. The van der Waals surface area contributed by atoms with Gasteiger partial charge in [0.25, 0.3) is 5.79 Å². The monoisotopic (exact) mass is 1150 g/mol. The van der Waals surface area contributed by atoms with Gasteiger partial charge in [0, 0.05) is 27.8 Å². The van der Waals surface area contributed by atoms with E-state index in [9.17, 15) is 25.5 Å². The highest BCUT2D eigenvalue weighted by Crippen LogP contribution is 2.60. The Morgan fingerprint density at radius 3 is 0.707 bits per heavy atom. The molecule has 442 valence electrons. The molecule has 82 heavy (non-hydrogen) atoms. The maximum Gasteiger partial charge on any atom is 0.273 e. The van der Waals surface area contributed by atoms with Gasteiger partial charge in [-0.05, 0) is 60.7 Å². The predicted octanol–water partition coefficient (Wildman–Crippen LogP) is 3.17. The fourth-order valence-electron chi connectivity index (χ4n) is 9.95. The maximum atomic E-state index is 16.7. The van der Waals surface area contributed by atoms with Crippen LogP contribution in [0.1, 0.15) is 51.8 Å². The summed E-state index contributed by atoms with van der Waals surface area (Å²) < 4.78 is 88.7. The molecule has 1 fully saturated rings. The lowest BCUT2D eigenvalue weighted by molar-refractivity contribution is -0.395. The van der Waals surface area contributed by atoms with Crippen LogP contribution in [0.25, 0.3) is 0 Å². The quantitative estimate of drug-likeness (QED) is 0.0496. The summed E-state index contributed by atoms with van der Waals surface area (Å²) >= 11 is 0. The zero-order valence-electron chi connectivity index (χ0n) is 47.3. The molecule has 5 aromatic rings. The summed E-state index contributed by atoms with van der Waals surface area (Å²) in [6.07, 6.45) is 0. The van der Waals surface area contributed by atoms with E-state index < -0.39 is 103 Å². The summed E-state index contributed by atoms with van der Waals surface area (Å²) in [5, 5.41) is 69.8. The molecule has 1 aliphatic rings. The molecular weight excluding hydrogens is 1090 g/mol. The molecule has 0 aromatic heterocycles. The van der Waals surface area contributed by atoms with E-state index >= 15 is 24.0 Å². The third-order valence-corrected chi connectivity index (χ3v) is 14.0. The Morgan fingerprint density at radius 1 is 0.305 bits per heavy atom. The fraction of sp³-hybridized carbons (Fsp3) is 0.375. The molecule has 0 saturated carbocycles. The summed E-state index contributed by atoms with van der Waals surface area (Å²) in [4.78, 5) is 82.2. The Kier molecular flexibility index (Phi) is 18.4. The molecule has 5 atom stereocenters. The molecule has 0 unspecified atom stereocenters. The zero-order valence-corrected chi connectivity index (χ0v) is 47.3. The van der Waals surface area contributed by atoms with Gasteiger partial charge in [-0.3, -0.25) is 24.0 Å². The minimum Gasteiger partial charge on any atom is -0.493 e. The first-order chi connectivity index (χ1) is 39.0. The largest absolute Gasteiger partial charge is 0.493 e. The van der Waals surface area contributed by atoms with Crippen molar-refractivity contribution in [3.8, 4) is 86.2 Å². The van der Waals surface area contributed by atoms with E-state index in [2.05, 4.69) is 0 Å². The van der Waals surface area contributed by atoms with Gasteiger partial charge < -0.3 is 101 Å². The van der Waals surface area contributed by atoms with Crippen molar-refractivity contribution in [1.29, 1.82) is 0 Å². The molecule has 0 bridgehead atoms. The standard InChI is InChI=1S/C56H62O26/c1-67-32-16-27(17-33(68-2)42(32)77-11)47(58)52(26-57)53(63,48(59)28-18-34(69-3)43(78-12)35(19-28)70-4)54(64,49(60)29-20-36(71-5)44(79-13)37(21-29)72-6)55(65,50(61)30-22-38(73-7)45(80-14)39(23-30)74-8)56(66,82-52)51(62)31-24-40(75-9)46(81-15)41(25-31)76-10/h16-25,57,63-66H,26H2,1-15H3/t52-,53+,54-,55+,56+/m0/s1. The van der Waals surface area contributed by atoms with Crippen molar-refractivity contribution in [3.05, 3.63) is 88.5 Å². The first-order valence-corrected chi connectivity index (χ1v) is 24.0. The molecule has 26 heteroatoms. The van der Waals surface area contributed by atoms with E-state index in [0.29, 0.717) is 0 Å². The van der Waals surface area contributed by atoms with Crippen LogP contribution in [0.15, 0.2) is 60.7 Å². The van der Waals surface area contributed by atoms with Crippen LogP contribution in [0.3, 0.4) is 0 Å². The molecule has 1 saturated heterocycles. The lowest BCUT2D eigenvalue weighted by atomic mass is 9.51. The second-order valence-electron chi connectivity index (χ2n) is 17.6. The van der Waals surface area contributed by atoms with Crippen LogP contribution in [0, 0.1) is 0 Å². The first kappa shape index (κ1) is 62.4. The first-order valence-electron chi connectivity index (χ1n) is 24.0. The molecule has 1 aliphatic heterocycles. The van der Waals surface area contributed by atoms with Crippen molar-refractivity contribution < 1.29 is 125 Å². The number of hydrogen-bond acceptors (Lipinski definition) is 26. The van der Waals surface area contributed by atoms with Gasteiger partial charge in [0.15, 0.2) is 63.1 Å². The maximum absolute atomic E-state index is 16.7. The summed E-state index contributed by atoms with van der Waals surface area (Å²) in [5.74, 6) is -19.9. The number of hydrogen-bond donors (Lipinski definition) is 5. The number of aliphatic hydroxyl groups excluding tert-OH is 1. The SMILES string of the molecule is COc1cc(C(=O)[C@@]2(O)[C@](O)(C(=O)c3cc(OC)c(OC)c(OC)c3)[C@@](O)(C(=O)c3cc(OC)c(OC)c(OC)c3)O[C@@](CO)(C(=O)c3cc(OC)c(OC)c(OC)c3)[C@]2(O)C(=O)c2cc(OC)c(OC)c(OC)c2)cc(OC)c1OC. The Morgan fingerprint density at radius 2 is 0.500 bits per heavy atom. The highest BCUT2D eigenvalue weighted by atomic mass is 16.7. The van der Waals surface area contributed by atoms with Crippen molar-refractivity contribution in [1.82, 2.24) is 0 Å². The number of carbonyl (C=O) groups is 5. The molecule has 26 nitrogen and oxygen atoms in total. The Bertz CT molecular complexity index is 3180. The summed E-state index contributed by atoms with van der Waals surface area (Å²) in [6.45, 7) is -2.18. The van der Waals surface area contributed by atoms with Gasteiger partial charge in [0.2, 0.25) is 74.5 Å². The zero-order chi connectivity index (χ0) is 61.0. The third-order valence-electron chi connectivity index (χ3n) is 14.0. The molecule has 0 spiro atoms. The van der Waals surface area contributed by atoms with Crippen LogP contribution in [0.2, 0.25) is 0 Å². The van der Waals surface area contributed by atoms with Gasteiger partial charge in [-0.2, -0.15) is 0 Å². The molecule has 5 aromatic carbocycles. The molecule has 6 rings (SSSR count). The molecule has 1 heterocycles. The predicted molar refractivity (Wildman–Crippen MR) is 283 cm³/mol. The van der Waals surface area contributed by atoms with E-state index in [4.69, 9.17) is 75.8 Å². The van der Waals surface area contributed by atoms with Gasteiger partial charge in [0.1, 0.15) is 0 Å². The number of Topliss-reactive ketones (excluding diaryl/α,β-unsaturated/α-hetero) is 5. The minimum atomic E-state index is -5.07. The number of carbonyl (C=O) groups excluding carboxylic acids is 5. The van der Waals surface area contributed by atoms with Gasteiger partial charge in [-0.25, -0.2) is 0 Å². The second-order valence-corrected chi connectivity index (χ2v) is 17.6. The smallest absolute Gasteiger partial charge is 0.273 e. The van der Waals surface area contributed by atoms with Gasteiger partial charge in [-0.15, -0.1) is 0 Å². The number of rotatable bonds is 26. The van der Waals surface area contributed by atoms with E-state index in [1.807, 2.05) is 0 Å². The number of aliphatic hydroxyl groups is 5.